The predicted molar refractivity (Wildman–Crippen MR) is 91.0 cm³/mol. The lowest BCUT2D eigenvalue weighted by Gasteiger charge is -2.09. The number of alkyl halides is 3. The second-order valence-electron chi connectivity index (χ2n) is 5.53. The van der Waals surface area contributed by atoms with Crippen molar-refractivity contribution >= 4 is 17.8 Å². The topological polar surface area (TPSA) is 41.5 Å². The average molecular weight is 338 g/mol. The van der Waals surface area contributed by atoms with Gasteiger partial charge in [0.25, 0.3) is 5.91 Å². The van der Waals surface area contributed by atoms with Gasteiger partial charge >= 0.3 is 6.18 Å². The van der Waals surface area contributed by atoms with Crippen LogP contribution in [0.1, 0.15) is 25.8 Å². The van der Waals surface area contributed by atoms with Gasteiger partial charge in [0.2, 0.25) is 0 Å². The number of halogens is 3. The minimum absolute atomic E-state index is 0.0226. The summed E-state index contributed by atoms with van der Waals surface area (Å²) in [6.45, 7) is 8.57. The molecule has 0 radical (unpaired) electrons. The Balaban J connectivity index is 2.99. The molecular weight excluding hydrogens is 317 g/mol. The second kappa shape index (κ2) is 8.47. The van der Waals surface area contributed by atoms with Crippen molar-refractivity contribution in [1.29, 1.82) is 0 Å². The third kappa shape index (κ3) is 6.40. The molecular formula is C18H21F3N2O. The molecule has 0 heterocycles. The van der Waals surface area contributed by atoms with E-state index in [0.717, 1.165) is 18.2 Å². The monoisotopic (exact) mass is 338 g/mol. The van der Waals surface area contributed by atoms with Gasteiger partial charge in [-0.25, -0.2) is 0 Å². The van der Waals surface area contributed by atoms with Crippen LogP contribution in [0.5, 0.6) is 0 Å². The molecule has 0 aliphatic carbocycles. The van der Waals surface area contributed by atoms with E-state index < -0.39 is 17.8 Å². The summed E-state index contributed by atoms with van der Waals surface area (Å²) in [6.07, 6.45) is -1.37. The van der Waals surface area contributed by atoms with Crippen LogP contribution in [0.15, 0.2) is 53.2 Å². The first-order valence-electron chi connectivity index (χ1n) is 7.53. The van der Waals surface area contributed by atoms with Crippen molar-refractivity contribution in [3.63, 3.8) is 0 Å². The first-order chi connectivity index (χ1) is 11.1. The fourth-order valence-electron chi connectivity index (χ4n) is 1.66. The van der Waals surface area contributed by atoms with E-state index >= 15 is 0 Å². The average Bonchev–Trinajstić information content (AvgIpc) is 2.51. The van der Waals surface area contributed by atoms with Crippen LogP contribution in [0, 0.1) is 12.8 Å². The molecule has 1 N–H and O–H groups in total. The zero-order valence-corrected chi connectivity index (χ0v) is 13.9. The van der Waals surface area contributed by atoms with Crippen LogP contribution in [0.4, 0.5) is 18.9 Å². The number of amides is 1. The quantitative estimate of drug-likeness (QED) is 0.572. The van der Waals surface area contributed by atoms with Gasteiger partial charge in [0.05, 0.1) is 5.57 Å². The number of nitrogens with zero attached hydrogens (tertiary/aromatic N) is 1. The molecule has 0 saturated carbocycles. The highest BCUT2D eigenvalue weighted by Gasteiger charge is 2.31. The normalized spacial score (nSPS) is 13.8. The van der Waals surface area contributed by atoms with E-state index in [1.54, 1.807) is 18.2 Å². The summed E-state index contributed by atoms with van der Waals surface area (Å²) in [5.74, 6) is -0.493. The number of aliphatic imine (C=N–C) groups is 1. The Morgan fingerprint density at radius 1 is 1.33 bits per heavy atom. The number of carbonyl (C=O) groups excluding carboxylic acids is 1. The molecule has 0 aromatic heterocycles. The molecule has 0 spiro atoms. The summed E-state index contributed by atoms with van der Waals surface area (Å²) in [5, 5.41) is 2.65. The number of carbonyl (C=O) groups is 1. The Kier molecular flexibility index (Phi) is 6.95. The van der Waals surface area contributed by atoms with Crippen molar-refractivity contribution in [1.82, 2.24) is 0 Å². The van der Waals surface area contributed by atoms with Crippen LogP contribution in [-0.2, 0) is 4.79 Å². The third-order valence-electron chi connectivity index (χ3n) is 3.37. The number of hydrogen-bond donors (Lipinski definition) is 1. The molecule has 1 amide bonds. The van der Waals surface area contributed by atoms with Crippen molar-refractivity contribution < 1.29 is 18.0 Å². The highest BCUT2D eigenvalue weighted by atomic mass is 19.4. The van der Waals surface area contributed by atoms with Gasteiger partial charge in [-0.1, -0.05) is 50.6 Å². The zero-order valence-electron chi connectivity index (χ0n) is 13.9. The minimum Gasteiger partial charge on any atom is -0.322 e. The SMILES string of the molecule is C=C(N=C/C(=C\C(C)CC)C(=O)Nc1ccc(C)cc1)C(F)(F)F. The summed E-state index contributed by atoms with van der Waals surface area (Å²) in [5.41, 5.74) is 0.408. The molecule has 0 fully saturated rings. The summed E-state index contributed by atoms with van der Waals surface area (Å²) >= 11 is 0. The highest BCUT2D eigenvalue weighted by molar-refractivity contribution is 6.17. The predicted octanol–water partition coefficient (Wildman–Crippen LogP) is 5.05. The van der Waals surface area contributed by atoms with E-state index in [1.165, 1.54) is 0 Å². The van der Waals surface area contributed by atoms with E-state index in [2.05, 4.69) is 16.9 Å². The fourth-order valence-corrected chi connectivity index (χ4v) is 1.66. The molecule has 130 valence electrons. The molecule has 0 saturated heterocycles. The number of hydrogen-bond acceptors (Lipinski definition) is 2. The molecule has 1 aromatic rings. The Hall–Kier alpha value is -2.37. The molecule has 24 heavy (non-hydrogen) atoms. The lowest BCUT2D eigenvalue weighted by atomic mass is 10.0. The number of rotatable bonds is 6. The number of allylic oxidation sites excluding steroid dienone is 2. The maximum absolute atomic E-state index is 12.5. The molecule has 6 heteroatoms. The molecule has 3 nitrogen and oxygen atoms in total. The van der Waals surface area contributed by atoms with E-state index in [1.807, 2.05) is 32.9 Å². The van der Waals surface area contributed by atoms with Crippen LogP contribution >= 0.6 is 0 Å². The smallest absolute Gasteiger partial charge is 0.322 e. The van der Waals surface area contributed by atoms with Crippen molar-refractivity contribution in [3.05, 3.63) is 53.8 Å². The van der Waals surface area contributed by atoms with Gasteiger partial charge in [0.1, 0.15) is 5.70 Å². The van der Waals surface area contributed by atoms with Crippen LogP contribution < -0.4 is 5.32 Å². The molecule has 0 bridgehead atoms. The summed E-state index contributed by atoms with van der Waals surface area (Å²) in [6, 6.07) is 7.10. The summed E-state index contributed by atoms with van der Waals surface area (Å²) < 4.78 is 37.4. The van der Waals surface area contributed by atoms with Crippen molar-refractivity contribution in [2.24, 2.45) is 10.9 Å². The van der Waals surface area contributed by atoms with Gasteiger partial charge in [-0.05, 0) is 25.0 Å². The first-order valence-corrected chi connectivity index (χ1v) is 7.53. The van der Waals surface area contributed by atoms with Crippen LogP contribution in [0.3, 0.4) is 0 Å². The van der Waals surface area contributed by atoms with Gasteiger partial charge in [-0.3, -0.25) is 9.79 Å². The van der Waals surface area contributed by atoms with Crippen LogP contribution in [0.2, 0.25) is 0 Å². The molecule has 1 aromatic carbocycles. The van der Waals surface area contributed by atoms with Crippen LogP contribution in [-0.4, -0.2) is 18.3 Å². The van der Waals surface area contributed by atoms with Gasteiger partial charge < -0.3 is 5.32 Å². The van der Waals surface area contributed by atoms with Gasteiger partial charge in [0, 0.05) is 11.9 Å². The molecule has 1 unspecified atom stereocenters. The van der Waals surface area contributed by atoms with E-state index in [-0.39, 0.29) is 11.5 Å². The Bertz CT molecular complexity index is 643. The molecule has 0 aliphatic rings. The molecule has 1 rings (SSSR count). The Morgan fingerprint density at radius 2 is 1.92 bits per heavy atom. The number of aryl methyl sites for hydroxylation is 1. The lowest BCUT2D eigenvalue weighted by Crippen LogP contribution is -2.17. The van der Waals surface area contributed by atoms with Crippen molar-refractivity contribution in [3.8, 4) is 0 Å². The second-order valence-corrected chi connectivity index (χ2v) is 5.53. The van der Waals surface area contributed by atoms with Gasteiger partial charge in [-0.15, -0.1) is 0 Å². The lowest BCUT2D eigenvalue weighted by molar-refractivity contribution is -0.112. The van der Waals surface area contributed by atoms with E-state index in [0.29, 0.717) is 5.69 Å². The number of nitrogens with one attached hydrogen (secondary N) is 1. The van der Waals surface area contributed by atoms with Crippen molar-refractivity contribution in [2.75, 3.05) is 5.32 Å². The maximum Gasteiger partial charge on any atom is 0.432 e. The number of anilines is 1. The Labute approximate surface area is 140 Å². The number of benzene rings is 1. The zero-order chi connectivity index (χ0) is 18.3. The maximum atomic E-state index is 12.5. The van der Waals surface area contributed by atoms with Crippen LogP contribution in [0.25, 0.3) is 0 Å². The standard InChI is InChI=1S/C18H21F3N2O/c1-5-12(2)10-15(11-22-14(4)18(19,20)21)17(24)23-16-8-6-13(3)7-9-16/h6-12H,4-5H2,1-3H3,(H,23,24)/b15-10+,22-11?. The highest BCUT2D eigenvalue weighted by Crippen LogP contribution is 2.24. The summed E-state index contributed by atoms with van der Waals surface area (Å²) in [4.78, 5) is 15.6. The summed E-state index contributed by atoms with van der Waals surface area (Å²) in [7, 11) is 0. The minimum atomic E-state index is -4.62. The van der Waals surface area contributed by atoms with Gasteiger partial charge in [0.15, 0.2) is 0 Å². The molecule has 1 atom stereocenters. The largest absolute Gasteiger partial charge is 0.432 e. The Morgan fingerprint density at radius 3 is 2.42 bits per heavy atom. The fraction of sp³-hybridized carbons (Fsp3) is 0.333. The molecule has 0 aliphatic heterocycles. The van der Waals surface area contributed by atoms with Crippen molar-refractivity contribution in [2.45, 2.75) is 33.4 Å². The third-order valence-corrected chi connectivity index (χ3v) is 3.37. The first kappa shape index (κ1) is 19.7. The van der Waals surface area contributed by atoms with Gasteiger partial charge in [-0.2, -0.15) is 13.2 Å². The van der Waals surface area contributed by atoms with E-state index in [4.69, 9.17) is 0 Å². The van der Waals surface area contributed by atoms with E-state index in [9.17, 15) is 18.0 Å².